The minimum absolute atomic E-state index is 0.245. The molecule has 88 heavy (non-hydrogen) atoms. The lowest BCUT2D eigenvalue weighted by atomic mass is 9.96. The van der Waals surface area contributed by atoms with Crippen molar-refractivity contribution in [2.75, 3.05) is 26.4 Å². The van der Waals surface area contributed by atoms with E-state index in [9.17, 15) is 61.0 Å². The molecule has 3 heterocycles. The molecule has 0 aliphatic carbocycles. The van der Waals surface area contributed by atoms with Crippen LogP contribution in [0, 0.1) is 0 Å². The number of ether oxygens (including phenoxy) is 6. The van der Waals surface area contributed by atoms with Gasteiger partial charge in [-0.2, -0.15) is 0 Å². The van der Waals surface area contributed by atoms with Gasteiger partial charge in [-0.05, 0) is 83.5 Å². The normalized spacial score (nSPS) is 29.1. The zero-order chi connectivity index (χ0) is 64.0. The van der Waals surface area contributed by atoms with Gasteiger partial charge in [-0.3, -0.25) is 4.79 Å². The molecule has 0 aromatic rings. The summed E-state index contributed by atoms with van der Waals surface area (Å²) in [4.78, 5) is 13.3. The molecule has 19 heteroatoms. The molecule has 0 aromatic heterocycles. The van der Waals surface area contributed by atoms with Gasteiger partial charge in [0.15, 0.2) is 18.9 Å². The van der Waals surface area contributed by atoms with Crippen LogP contribution in [0.15, 0.2) is 109 Å². The zero-order valence-electron chi connectivity index (χ0n) is 52.9. The minimum Gasteiger partial charge on any atom is -0.394 e. The van der Waals surface area contributed by atoms with E-state index in [4.69, 9.17) is 28.4 Å². The van der Waals surface area contributed by atoms with Crippen molar-refractivity contribution in [3.8, 4) is 0 Å². The van der Waals surface area contributed by atoms with Crippen LogP contribution in [0.5, 0.6) is 0 Å². The lowest BCUT2D eigenvalue weighted by Crippen LogP contribution is -2.66. The van der Waals surface area contributed by atoms with Crippen molar-refractivity contribution in [3.05, 3.63) is 109 Å². The minimum atomic E-state index is -1.98. The topological polar surface area (TPSA) is 307 Å². The zero-order valence-corrected chi connectivity index (χ0v) is 52.9. The molecular weight excluding hydrogens is 1130 g/mol. The van der Waals surface area contributed by atoms with Gasteiger partial charge in [-0.1, -0.05) is 207 Å². The molecule has 3 saturated heterocycles. The van der Waals surface area contributed by atoms with Crippen LogP contribution < -0.4 is 5.32 Å². The second-order valence-corrected chi connectivity index (χ2v) is 23.2. The van der Waals surface area contributed by atoms with E-state index in [0.717, 1.165) is 141 Å². The van der Waals surface area contributed by atoms with Crippen molar-refractivity contribution in [1.82, 2.24) is 5.32 Å². The highest BCUT2D eigenvalue weighted by atomic mass is 16.8. The number of unbranched alkanes of at least 4 members (excludes halogenated alkanes) is 14. The number of nitrogens with one attached hydrogen (secondary N) is 1. The third-order valence-electron chi connectivity index (χ3n) is 15.9. The molecule has 3 rings (SSSR count). The molecule has 19 nitrogen and oxygen atoms in total. The third kappa shape index (κ3) is 32.1. The summed E-state index contributed by atoms with van der Waals surface area (Å²) in [5.74, 6) is -0.263. The van der Waals surface area contributed by atoms with Crippen molar-refractivity contribution >= 4 is 5.91 Å². The molecule has 3 aliphatic heterocycles. The molecule has 0 radical (unpaired) electrons. The van der Waals surface area contributed by atoms with Crippen LogP contribution in [-0.2, 0) is 33.2 Å². The maximum atomic E-state index is 13.3. The molecule has 0 spiro atoms. The van der Waals surface area contributed by atoms with Crippen LogP contribution in [0.3, 0.4) is 0 Å². The molecule has 3 aliphatic rings. The maximum Gasteiger partial charge on any atom is 0.220 e. The Hall–Kier alpha value is -3.55. The van der Waals surface area contributed by atoms with Crippen molar-refractivity contribution in [1.29, 1.82) is 0 Å². The SMILES string of the molecule is CC/C=C\C/C=C\C/C=C\C/C=C\C/C=C\C/C=C\C/C=C\C/C=C\C/C=C\CCCCCCCCCC(=O)NC(COC1OC(CO)C(OC2OC(CO)C(OC3OC(CO)C(O)C(O)C3O)C(O)C2O)C(O)C1O)C(O)CCCCCCCCCC. The maximum absolute atomic E-state index is 13.3. The summed E-state index contributed by atoms with van der Waals surface area (Å²) in [6.45, 7) is 1.59. The molecular formula is C69H115NO18. The van der Waals surface area contributed by atoms with E-state index in [0.29, 0.717) is 12.8 Å². The summed E-state index contributed by atoms with van der Waals surface area (Å²) in [5.41, 5.74) is 0. The second kappa shape index (κ2) is 50.1. The van der Waals surface area contributed by atoms with Gasteiger partial charge < -0.3 is 89.9 Å². The van der Waals surface area contributed by atoms with E-state index < -0.39 is 124 Å². The number of aliphatic hydroxyl groups is 11. The van der Waals surface area contributed by atoms with Crippen LogP contribution in [0.1, 0.15) is 187 Å². The molecule has 0 aromatic carbocycles. The van der Waals surface area contributed by atoms with Gasteiger partial charge in [0.1, 0.15) is 73.2 Å². The monoisotopic (exact) mass is 1250 g/mol. The fourth-order valence-corrected chi connectivity index (χ4v) is 10.5. The first-order chi connectivity index (χ1) is 42.8. The predicted molar refractivity (Wildman–Crippen MR) is 341 cm³/mol. The quantitative estimate of drug-likeness (QED) is 0.0204. The number of rotatable bonds is 48. The Morgan fingerprint density at radius 3 is 1.23 bits per heavy atom. The Morgan fingerprint density at radius 2 is 0.784 bits per heavy atom. The highest BCUT2D eigenvalue weighted by Gasteiger charge is 2.53. The Labute approximate surface area is 525 Å². The summed E-state index contributed by atoms with van der Waals surface area (Å²) in [7, 11) is 0. The Balaban J connectivity index is 1.34. The van der Waals surface area contributed by atoms with Gasteiger partial charge in [0.25, 0.3) is 0 Å². The molecule has 0 saturated carbocycles. The Bertz CT molecular complexity index is 2020. The van der Waals surface area contributed by atoms with E-state index >= 15 is 0 Å². The largest absolute Gasteiger partial charge is 0.394 e. The molecule has 1 amide bonds. The Morgan fingerprint density at radius 1 is 0.420 bits per heavy atom. The van der Waals surface area contributed by atoms with E-state index in [-0.39, 0.29) is 18.9 Å². The highest BCUT2D eigenvalue weighted by molar-refractivity contribution is 5.76. The van der Waals surface area contributed by atoms with Crippen LogP contribution in [0.25, 0.3) is 0 Å². The molecule has 17 atom stereocenters. The fourth-order valence-electron chi connectivity index (χ4n) is 10.5. The smallest absolute Gasteiger partial charge is 0.220 e. The van der Waals surface area contributed by atoms with Gasteiger partial charge in [0.2, 0.25) is 5.91 Å². The van der Waals surface area contributed by atoms with E-state index in [1.165, 1.54) is 12.8 Å². The summed E-state index contributed by atoms with van der Waals surface area (Å²) >= 11 is 0. The van der Waals surface area contributed by atoms with Gasteiger partial charge in [-0.25, -0.2) is 0 Å². The van der Waals surface area contributed by atoms with Crippen LogP contribution in [0.4, 0.5) is 0 Å². The summed E-state index contributed by atoms with van der Waals surface area (Å²) in [6.07, 6.45) is 39.2. The second-order valence-electron chi connectivity index (χ2n) is 23.2. The number of carbonyl (C=O) groups is 1. The first-order valence-electron chi connectivity index (χ1n) is 33.1. The van der Waals surface area contributed by atoms with Gasteiger partial charge in [-0.15, -0.1) is 0 Å². The Kier molecular flexibility index (Phi) is 44.8. The molecule has 0 bridgehead atoms. The van der Waals surface area contributed by atoms with Crippen molar-refractivity contribution in [2.24, 2.45) is 0 Å². The lowest BCUT2D eigenvalue weighted by molar-refractivity contribution is -0.379. The molecule has 3 fully saturated rings. The van der Waals surface area contributed by atoms with E-state index in [1.807, 2.05) is 0 Å². The predicted octanol–water partition coefficient (Wildman–Crippen LogP) is 7.88. The number of hydrogen-bond donors (Lipinski definition) is 12. The number of amides is 1. The first kappa shape index (κ1) is 78.7. The van der Waals surface area contributed by atoms with E-state index in [1.54, 1.807) is 0 Å². The standard InChI is InChI=1S/C69H115NO18/c1-3-5-7-9-11-13-14-15-16-17-18-19-20-21-22-23-24-25-26-27-28-29-30-31-32-33-34-35-36-37-38-39-41-43-45-47-57(75)70-52(53(74)46-44-42-40-12-10-8-6-4-2)51-83-67-63(81)60(78)65(55(49-72)85-67)88-69-64(82)61(79)66(56(50-73)86-69)87-68-62(80)59(77)58(76)54(48-71)84-68/h5,7,11,13,15-16,18-19,21-22,24-25,27-28,30-31,33-34,52-56,58-69,71-74,76-82H,3-4,6,8-10,12,14,17,20,23,26,29,32,35-51H2,1-2H3,(H,70,75)/b7-5-,13-11-,16-15-,19-18-,22-21-,25-24-,28-27-,31-30-,34-33-. The summed E-state index contributed by atoms with van der Waals surface area (Å²) in [6, 6.07) is -0.898. The van der Waals surface area contributed by atoms with E-state index in [2.05, 4.69) is 129 Å². The average molecular weight is 1250 g/mol. The summed E-state index contributed by atoms with van der Waals surface area (Å²) in [5, 5.41) is 120. The molecule has 17 unspecified atom stereocenters. The van der Waals surface area contributed by atoms with Crippen LogP contribution in [-0.4, -0.2) is 193 Å². The average Bonchev–Trinajstić information content (AvgIpc) is 1.15. The summed E-state index contributed by atoms with van der Waals surface area (Å²) < 4.78 is 34.2. The van der Waals surface area contributed by atoms with Gasteiger partial charge in [0.05, 0.1) is 38.6 Å². The highest BCUT2D eigenvalue weighted by Crippen LogP contribution is 2.33. The number of aliphatic hydroxyl groups excluding tert-OH is 11. The van der Waals surface area contributed by atoms with Crippen LogP contribution in [0.2, 0.25) is 0 Å². The molecule has 504 valence electrons. The van der Waals surface area contributed by atoms with Crippen molar-refractivity contribution in [3.63, 3.8) is 0 Å². The van der Waals surface area contributed by atoms with Gasteiger partial charge >= 0.3 is 0 Å². The van der Waals surface area contributed by atoms with Crippen LogP contribution >= 0.6 is 0 Å². The number of hydrogen-bond acceptors (Lipinski definition) is 18. The van der Waals surface area contributed by atoms with Gasteiger partial charge in [0, 0.05) is 6.42 Å². The van der Waals surface area contributed by atoms with Crippen molar-refractivity contribution in [2.45, 2.75) is 291 Å². The molecule has 12 N–H and O–H groups in total. The third-order valence-corrected chi connectivity index (χ3v) is 15.9. The first-order valence-corrected chi connectivity index (χ1v) is 33.1. The van der Waals surface area contributed by atoms with Crippen molar-refractivity contribution < 1.29 is 89.4 Å². The number of carbonyl (C=O) groups excluding carboxylic acids is 1. The number of allylic oxidation sites excluding steroid dienone is 18. The fraction of sp³-hybridized carbons (Fsp3) is 0.725. The lowest BCUT2D eigenvalue weighted by Gasteiger charge is -2.48.